The predicted octanol–water partition coefficient (Wildman–Crippen LogP) is 2.39. The number of aromatic nitrogens is 2. The van der Waals surface area contributed by atoms with Crippen molar-refractivity contribution in [3.05, 3.63) is 53.6 Å². The number of carbonyl (C=O) groups is 2. The number of carboxylic acids is 1. The van der Waals surface area contributed by atoms with E-state index in [2.05, 4.69) is 34.1 Å². The van der Waals surface area contributed by atoms with Gasteiger partial charge < -0.3 is 14.6 Å². The Morgan fingerprint density at radius 3 is 2.37 bits per heavy atom. The Balaban J connectivity index is 0.000000318. The minimum Gasteiger partial charge on any atom is -0.475 e. The molecule has 3 heterocycles. The Bertz CT molecular complexity index is 894. The van der Waals surface area contributed by atoms with Gasteiger partial charge in [0, 0.05) is 39.8 Å². The molecule has 4 rings (SSSR count). The maximum atomic E-state index is 12.8. The van der Waals surface area contributed by atoms with Crippen LogP contribution >= 0.6 is 0 Å². The van der Waals surface area contributed by atoms with Crippen LogP contribution < -0.4 is 0 Å². The molecule has 0 aliphatic carbocycles. The summed E-state index contributed by atoms with van der Waals surface area (Å²) in [7, 11) is 2.00. The second-order valence-electron chi connectivity index (χ2n) is 7.38. The quantitative estimate of drug-likeness (QED) is 0.819. The lowest BCUT2D eigenvalue weighted by atomic mass is 9.95. The minimum atomic E-state index is -5.08. The van der Waals surface area contributed by atoms with Gasteiger partial charge >= 0.3 is 12.1 Å². The molecule has 2 aliphatic rings. The van der Waals surface area contributed by atoms with Crippen LogP contribution in [0.3, 0.4) is 0 Å². The van der Waals surface area contributed by atoms with Gasteiger partial charge in [-0.2, -0.15) is 13.2 Å². The van der Waals surface area contributed by atoms with Crippen LogP contribution in [0.1, 0.15) is 29.3 Å². The molecule has 1 saturated heterocycles. The number of hydrogen-bond donors (Lipinski definition) is 1. The maximum Gasteiger partial charge on any atom is 0.490 e. The molecule has 1 N–H and O–H groups in total. The fraction of sp³-hybridized carbons (Fsp3) is 0.450. The third-order valence-corrected chi connectivity index (χ3v) is 5.16. The number of imidazole rings is 1. The third-order valence-electron chi connectivity index (χ3n) is 5.16. The molecule has 162 valence electrons. The largest absolute Gasteiger partial charge is 0.490 e. The van der Waals surface area contributed by atoms with Gasteiger partial charge in [-0.25, -0.2) is 9.78 Å². The first-order chi connectivity index (χ1) is 14.2. The molecule has 1 aromatic heterocycles. The number of likely N-dealkylation sites (tertiary alicyclic amines) is 1. The zero-order chi connectivity index (χ0) is 21.9. The number of amides is 1. The zero-order valence-corrected chi connectivity index (χ0v) is 16.5. The van der Waals surface area contributed by atoms with Crippen LogP contribution in [0.4, 0.5) is 13.2 Å². The SMILES string of the molecule is Cn1cnc2c1C(C(=O)N1CCC1)CN(Cc1ccccc1)C2.O=C(O)C(F)(F)F. The van der Waals surface area contributed by atoms with Gasteiger partial charge in [-0.05, 0) is 12.0 Å². The molecule has 2 aliphatic heterocycles. The number of nitrogens with zero attached hydrogens (tertiary/aromatic N) is 4. The van der Waals surface area contributed by atoms with E-state index in [1.165, 1.54) is 5.56 Å². The second-order valence-corrected chi connectivity index (χ2v) is 7.38. The Morgan fingerprint density at radius 2 is 1.83 bits per heavy atom. The first kappa shape index (κ1) is 21.8. The molecular formula is C20H23F3N4O3. The molecule has 0 spiro atoms. The number of halogens is 3. The molecule has 10 heteroatoms. The number of carboxylic acid groups (broad SMARTS) is 1. The number of aliphatic carboxylic acids is 1. The Morgan fingerprint density at radius 1 is 1.20 bits per heavy atom. The molecular weight excluding hydrogens is 401 g/mol. The highest BCUT2D eigenvalue weighted by Gasteiger charge is 2.38. The van der Waals surface area contributed by atoms with E-state index in [4.69, 9.17) is 9.90 Å². The molecule has 0 radical (unpaired) electrons. The van der Waals surface area contributed by atoms with E-state index in [1.54, 1.807) is 0 Å². The highest BCUT2D eigenvalue weighted by atomic mass is 19.4. The van der Waals surface area contributed by atoms with Crippen molar-refractivity contribution in [1.29, 1.82) is 0 Å². The number of alkyl halides is 3. The van der Waals surface area contributed by atoms with E-state index >= 15 is 0 Å². The van der Waals surface area contributed by atoms with Gasteiger partial charge in [0.15, 0.2) is 0 Å². The number of hydrogen-bond acceptors (Lipinski definition) is 4. The molecule has 7 nitrogen and oxygen atoms in total. The first-order valence-corrected chi connectivity index (χ1v) is 9.52. The maximum absolute atomic E-state index is 12.8. The summed E-state index contributed by atoms with van der Waals surface area (Å²) in [5.74, 6) is -2.58. The van der Waals surface area contributed by atoms with Crippen LogP contribution in [0.25, 0.3) is 0 Å². The van der Waals surface area contributed by atoms with Crippen LogP contribution in [0.2, 0.25) is 0 Å². The van der Waals surface area contributed by atoms with Crippen LogP contribution in [-0.2, 0) is 29.7 Å². The average molecular weight is 424 g/mol. The highest BCUT2D eigenvalue weighted by molar-refractivity contribution is 5.84. The summed E-state index contributed by atoms with van der Waals surface area (Å²) in [6.45, 7) is 4.26. The molecule has 30 heavy (non-hydrogen) atoms. The fourth-order valence-electron chi connectivity index (χ4n) is 3.59. The number of fused-ring (bicyclic) bond motifs is 1. The van der Waals surface area contributed by atoms with E-state index in [-0.39, 0.29) is 11.8 Å². The molecule has 1 unspecified atom stereocenters. The summed E-state index contributed by atoms with van der Waals surface area (Å²) in [4.78, 5) is 30.6. The van der Waals surface area contributed by atoms with E-state index in [9.17, 15) is 18.0 Å². The van der Waals surface area contributed by atoms with Crippen molar-refractivity contribution in [2.75, 3.05) is 19.6 Å². The zero-order valence-electron chi connectivity index (χ0n) is 16.5. The average Bonchev–Trinajstić information content (AvgIpc) is 3.01. The van der Waals surface area contributed by atoms with E-state index < -0.39 is 12.1 Å². The summed E-state index contributed by atoms with van der Waals surface area (Å²) >= 11 is 0. The predicted molar refractivity (Wildman–Crippen MR) is 101 cm³/mol. The summed E-state index contributed by atoms with van der Waals surface area (Å²) in [5, 5.41) is 7.12. The van der Waals surface area contributed by atoms with Crippen molar-refractivity contribution < 1.29 is 27.9 Å². The summed E-state index contributed by atoms with van der Waals surface area (Å²) in [6, 6.07) is 10.4. The van der Waals surface area contributed by atoms with E-state index in [0.717, 1.165) is 50.5 Å². The van der Waals surface area contributed by atoms with Crippen LogP contribution in [0, 0.1) is 0 Å². The standard InChI is InChI=1S/C18H22N4O.C2HF3O2/c1-20-13-19-16-12-21(10-14-6-3-2-4-7-14)11-15(17(16)20)18(23)22-8-5-9-22;3-2(4,5)1(6)7/h2-4,6-7,13,15H,5,8-12H2,1H3;(H,6,7). The summed E-state index contributed by atoms with van der Waals surface area (Å²) in [6.07, 6.45) is -2.11. The topological polar surface area (TPSA) is 78.7 Å². The van der Waals surface area contributed by atoms with Gasteiger partial charge in [0.2, 0.25) is 5.91 Å². The van der Waals surface area contributed by atoms with Gasteiger partial charge in [0.05, 0.1) is 23.6 Å². The first-order valence-electron chi connectivity index (χ1n) is 9.52. The van der Waals surface area contributed by atoms with Gasteiger partial charge in [-0.1, -0.05) is 30.3 Å². The Labute approximate surface area is 171 Å². The monoisotopic (exact) mass is 424 g/mol. The Kier molecular flexibility index (Phi) is 6.45. The lowest BCUT2D eigenvalue weighted by Gasteiger charge is -2.38. The number of rotatable bonds is 3. The van der Waals surface area contributed by atoms with Gasteiger partial charge in [-0.3, -0.25) is 9.69 Å². The summed E-state index contributed by atoms with van der Waals surface area (Å²) in [5.41, 5.74) is 3.43. The van der Waals surface area contributed by atoms with E-state index in [1.807, 2.05) is 28.9 Å². The lowest BCUT2D eigenvalue weighted by Crippen LogP contribution is -2.48. The van der Waals surface area contributed by atoms with Gasteiger partial charge in [0.1, 0.15) is 0 Å². The van der Waals surface area contributed by atoms with Crippen LogP contribution in [0.5, 0.6) is 0 Å². The molecule has 1 aromatic carbocycles. The molecule has 1 fully saturated rings. The second kappa shape index (κ2) is 8.86. The lowest BCUT2D eigenvalue weighted by molar-refractivity contribution is -0.192. The minimum absolute atomic E-state index is 0.0877. The molecule has 0 bridgehead atoms. The van der Waals surface area contributed by atoms with Crippen molar-refractivity contribution in [3.8, 4) is 0 Å². The number of aryl methyl sites for hydroxylation is 1. The van der Waals surface area contributed by atoms with Crippen molar-refractivity contribution in [3.63, 3.8) is 0 Å². The molecule has 2 aromatic rings. The molecule has 0 saturated carbocycles. The molecule has 1 atom stereocenters. The van der Waals surface area contributed by atoms with Crippen molar-refractivity contribution in [1.82, 2.24) is 19.4 Å². The van der Waals surface area contributed by atoms with Crippen molar-refractivity contribution >= 4 is 11.9 Å². The van der Waals surface area contributed by atoms with Crippen molar-refractivity contribution in [2.24, 2.45) is 7.05 Å². The normalized spacial score (nSPS) is 18.7. The number of benzene rings is 1. The third kappa shape index (κ3) is 4.99. The summed E-state index contributed by atoms with van der Waals surface area (Å²) < 4.78 is 33.8. The van der Waals surface area contributed by atoms with Crippen LogP contribution in [-0.4, -0.2) is 62.1 Å². The smallest absolute Gasteiger partial charge is 0.475 e. The fourth-order valence-corrected chi connectivity index (χ4v) is 3.59. The molecule has 1 amide bonds. The Hall–Kier alpha value is -2.88. The van der Waals surface area contributed by atoms with Gasteiger partial charge in [-0.15, -0.1) is 0 Å². The van der Waals surface area contributed by atoms with E-state index in [0.29, 0.717) is 0 Å². The number of carbonyl (C=O) groups excluding carboxylic acids is 1. The van der Waals surface area contributed by atoms with Crippen LogP contribution in [0.15, 0.2) is 36.7 Å². The van der Waals surface area contributed by atoms with Crippen molar-refractivity contribution in [2.45, 2.75) is 31.6 Å². The highest BCUT2D eigenvalue weighted by Crippen LogP contribution is 2.31. The van der Waals surface area contributed by atoms with Gasteiger partial charge in [0.25, 0.3) is 0 Å².